The highest BCUT2D eigenvalue weighted by Crippen LogP contribution is 2.41. The smallest absolute Gasteiger partial charge is 0.401 e. The van der Waals surface area contributed by atoms with E-state index in [1.165, 1.54) is 18.1 Å². The molecular weight excluding hydrogens is 558 g/mol. The first-order chi connectivity index (χ1) is 20.1. The van der Waals surface area contributed by atoms with Crippen molar-refractivity contribution in [3.05, 3.63) is 41.3 Å². The summed E-state index contributed by atoms with van der Waals surface area (Å²) >= 11 is 0. The van der Waals surface area contributed by atoms with Crippen LogP contribution in [-0.4, -0.2) is 80.2 Å². The normalized spacial score (nSPS) is 20.6. The van der Waals surface area contributed by atoms with Crippen molar-refractivity contribution in [2.45, 2.75) is 56.5 Å². The van der Waals surface area contributed by atoms with Gasteiger partial charge in [-0.1, -0.05) is 0 Å². The fourth-order valence-corrected chi connectivity index (χ4v) is 6.39. The number of aromatic nitrogens is 1. The summed E-state index contributed by atoms with van der Waals surface area (Å²) in [6.07, 6.45) is 0.526. The zero-order valence-corrected chi connectivity index (χ0v) is 23.7. The summed E-state index contributed by atoms with van der Waals surface area (Å²) in [5, 5.41) is 9.26. The molecule has 1 aromatic carbocycles. The number of hydrogen-bond acceptors (Lipinski definition) is 7. The Hall–Kier alpha value is -3.28. The van der Waals surface area contributed by atoms with E-state index >= 15 is 4.39 Å². The number of alkyl halides is 3. The number of hydrogen-bond donors (Lipinski definition) is 1. The van der Waals surface area contributed by atoms with Crippen LogP contribution in [0, 0.1) is 11.7 Å². The lowest BCUT2D eigenvalue weighted by Gasteiger charge is -2.38. The van der Waals surface area contributed by atoms with E-state index in [2.05, 4.69) is 9.88 Å². The van der Waals surface area contributed by atoms with Crippen molar-refractivity contribution in [1.29, 1.82) is 0 Å². The number of likely N-dealkylation sites (tertiary alicyclic amines) is 1. The second-order valence-corrected chi connectivity index (χ2v) is 11.4. The zero-order chi connectivity index (χ0) is 29.9. The number of rotatable bonds is 9. The minimum absolute atomic E-state index is 0.0256. The first-order valence-corrected chi connectivity index (χ1v) is 14.5. The summed E-state index contributed by atoms with van der Waals surface area (Å²) < 4.78 is 71.0. The van der Waals surface area contributed by atoms with Crippen LogP contribution in [0.25, 0.3) is 0 Å². The van der Waals surface area contributed by atoms with Gasteiger partial charge in [0.25, 0.3) is 0 Å². The summed E-state index contributed by atoms with van der Waals surface area (Å²) in [4.78, 5) is 19.2. The third-order valence-corrected chi connectivity index (χ3v) is 8.60. The molecule has 3 aliphatic rings. The molecule has 1 atom stereocenters. The topological polar surface area (TPSA) is 84.4 Å². The lowest BCUT2D eigenvalue weighted by molar-refractivity contribution is -0.148. The highest BCUT2D eigenvalue weighted by molar-refractivity contribution is 5.68. The number of halogens is 4. The number of carboxylic acids is 1. The van der Waals surface area contributed by atoms with Crippen LogP contribution in [0.2, 0.25) is 0 Å². The first-order valence-electron chi connectivity index (χ1n) is 14.5. The highest BCUT2D eigenvalue weighted by Gasteiger charge is 2.35. The van der Waals surface area contributed by atoms with Gasteiger partial charge in [0.05, 0.1) is 39.5 Å². The number of ether oxygens (including phenoxy) is 3. The number of anilines is 1. The molecule has 2 saturated heterocycles. The Bertz CT molecular complexity index is 1240. The van der Waals surface area contributed by atoms with Gasteiger partial charge in [-0.3, -0.25) is 9.69 Å². The second-order valence-electron chi connectivity index (χ2n) is 11.4. The van der Waals surface area contributed by atoms with Crippen molar-refractivity contribution in [3.8, 4) is 17.4 Å². The predicted octanol–water partition coefficient (Wildman–Crippen LogP) is 5.61. The van der Waals surface area contributed by atoms with E-state index in [0.717, 1.165) is 24.1 Å². The molecule has 0 amide bonds. The molecule has 42 heavy (non-hydrogen) atoms. The van der Waals surface area contributed by atoms with Crippen LogP contribution < -0.4 is 19.1 Å². The van der Waals surface area contributed by atoms with Crippen LogP contribution in [0.4, 0.5) is 23.2 Å². The molecule has 4 heterocycles. The minimum atomic E-state index is -4.25. The van der Waals surface area contributed by atoms with Crippen LogP contribution in [0.3, 0.4) is 0 Å². The number of aliphatic carboxylic acids is 1. The summed E-state index contributed by atoms with van der Waals surface area (Å²) in [7, 11) is 1.49. The fraction of sp³-hybridized carbons (Fsp3) is 0.600. The lowest BCUT2D eigenvalue weighted by atomic mass is 9.86. The van der Waals surface area contributed by atoms with E-state index in [4.69, 9.17) is 14.2 Å². The molecule has 1 aromatic heterocycles. The van der Waals surface area contributed by atoms with E-state index in [1.54, 1.807) is 12.3 Å². The summed E-state index contributed by atoms with van der Waals surface area (Å²) in [5.74, 6) is 0.142. The largest absolute Gasteiger partial charge is 0.497 e. The predicted molar refractivity (Wildman–Crippen MR) is 147 cm³/mol. The number of benzene rings is 1. The van der Waals surface area contributed by atoms with E-state index in [-0.39, 0.29) is 43.1 Å². The number of fused-ring (bicyclic) bond motifs is 1. The van der Waals surface area contributed by atoms with E-state index in [9.17, 15) is 23.1 Å². The Morgan fingerprint density at radius 2 is 1.83 bits per heavy atom. The molecule has 3 aliphatic heterocycles. The van der Waals surface area contributed by atoms with Crippen LogP contribution in [0.5, 0.6) is 17.4 Å². The Kier molecular flexibility index (Phi) is 9.29. The van der Waals surface area contributed by atoms with Gasteiger partial charge in [-0.25, -0.2) is 9.37 Å². The molecule has 0 saturated carbocycles. The maximum absolute atomic E-state index is 15.4. The van der Waals surface area contributed by atoms with E-state index < -0.39 is 18.7 Å². The molecule has 2 aromatic rings. The standard InChI is InChI=1S/C30H37F4N3O5/c1-40-22-13-24(31)29(20-4-7-36(8-5-20)18-30(32,33)34)25(14-22)37-9-2-19(3-10-37)17-42-27-15-23-21(12-28(38)39)6-11-41-26(23)16-35-27/h13-16,19-21H,2-12,17-18H2,1H3,(H,38,39). The number of pyridine rings is 1. The molecule has 12 heteroatoms. The van der Waals surface area contributed by atoms with Gasteiger partial charge in [0.15, 0.2) is 0 Å². The second kappa shape index (κ2) is 12.9. The van der Waals surface area contributed by atoms with E-state index in [0.29, 0.717) is 68.5 Å². The molecule has 0 spiro atoms. The lowest BCUT2D eigenvalue weighted by Crippen LogP contribution is -2.40. The SMILES string of the molecule is COc1cc(F)c(C2CCN(CC(F)(F)F)CC2)c(N2CCC(COc3cc4c(cn3)OCCC4CC(=O)O)CC2)c1. The van der Waals surface area contributed by atoms with Crippen molar-refractivity contribution in [2.24, 2.45) is 5.92 Å². The maximum Gasteiger partial charge on any atom is 0.401 e. The molecule has 1 N–H and O–H groups in total. The zero-order valence-electron chi connectivity index (χ0n) is 23.7. The van der Waals surface area contributed by atoms with Crippen LogP contribution in [0.15, 0.2) is 24.4 Å². The monoisotopic (exact) mass is 595 g/mol. The first kappa shape index (κ1) is 30.2. The summed E-state index contributed by atoms with van der Waals surface area (Å²) in [5.41, 5.74) is 2.12. The van der Waals surface area contributed by atoms with Gasteiger partial charge in [-0.05, 0) is 57.0 Å². The summed E-state index contributed by atoms with van der Waals surface area (Å²) in [6.45, 7) is 1.86. The van der Waals surface area contributed by atoms with E-state index in [1.807, 2.05) is 6.07 Å². The quantitative estimate of drug-likeness (QED) is 0.375. The molecule has 2 fully saturated rings. The average Bonchev–Trinajstić information content (AvgIpc) is 2.95. The van der Waals surface area contributed by atoms with Gasteiger partial charge in [-0.15, -0.1) is 0 Å². The van der Waals surface area contributed by atoms with Gasteiger partial charge in [-0.2, -0.15) is 13.2 Å². The number of nitrogens with zero attached hydrogens (tertiary/aromatic N) is 3. The van der Waals surface area contributed by atoms with Gasteiger partial charge < -0.3 is 24.2 Å². The number of carbonyl (C=O) groups is 1. The van der Waals surface area contributed by atoms with Crippen molar-refractivity contribution in [3.63, 3.8) is 0 Å². The fourth-order valence-electron chi connectivity index (χ4n) is 6.39. The summed E-state index contributed by atoms with van der Waals surface area (Å²) in [6, 6.07) is 4.98. The van der Waals surface area contributed by atoms with Crippen LogP contribution in [-0.2, 0) is 4.79 Å². The molecule has 0 aliphatic carbocycles. The average molecular weight is 596 g/mol. The number of carboxylic acid groups (broad SMARTS) is 1. The Morgan fingerprint density at radius 3 is 2.50 bits per heavy atom. The van der Waals surface area contributed by atoms with Gasteiger partial charge >= 0.3 is 12.1 Å². The molecule has 1 unspecified atom stereocenters. The molecule has 8 nitrogen and oxygen atoms in total. The number of piperidine rings is 2. The van der Waals surface area contributed by atoms with Gasteiger partial charge in [0, 0.05) is 54.0 Å². The minimum Gasteiger partial charge on any atom is -0.497 e. The third kappa shape index (κ3) is 7.37. The molecule has 0 bridgehead atoms. The molecule has 5 rings (SSSR count). The highest BCUT2D eigenvalue weighted by atomic mass is 19.4. The molecule has 0 radical (unpaired) electrons. The maximum atomic E-state index is 15.4. The van der Waals surface area contributed by atoms with Crippen molar-refractivity contribution < 1.29 is 41.7 Å². The van der Waals surface area contributed by atoms with Gasteiger partial charge in [0.2, 0.25) is 5.88 Å². The molecule has 230 valence electrons. The third-order valence-electron chi connectivity index (χ3n) is 8.60. The number of methoxy groups -OCH3 is 1. The molecular formula is C30H37F4N3O5. The Morgan fingerprint density at radius 1 is 1.10 bits per heavy atom. The Balaban J connectivity index is 1.21. The van der Waals surface area contributed by atoms with Crippen molar-refractivity contribution >= 4 is 11.7 Å². The Labute approximate surface area is 242 Å². The van der Waals surface area contributed by atoms with Crippen molar-refractivity contribution in [2.75, 3.05) is 57.9 Å². The van der Waals surface area contributed by atoms with Crippen LogP contribution >= 0.6 is 0 Å². The van der Waals surface area contributed by atoms with Crippen LogP contribution in [0.1, 0.15) is 61.5 Å². The van der Waals surface area contributed by atoms with Crippen molar-refractivity contribution in [1.82, 2.24) is 9.88 Å². The van der Waals surface area contributed by atoms with Gasteiger partial charge in [0.1, 0.15) is 17.3 Å².